The van der Waals surface area contributed by atoms with Crippen LogP contribution in [-0.2, 0) is 0 Å². The Morgan fingerprint density at radius 3 is 2.44 bits per heavy atom. The van der Waals surface area contributed by atoms with Gasteiger partial charge in [0.15, 0.2) is 0 Å². The minimum absolute atomic E-state index is 0.251. The van der Waals surface area contributed by atoms with Gasteiger partial charge in [-0.25, -0.2) is 9.37 Å². The third-order valence-corrected chi connectivity index (χ3v) is 6.52. The fourth-order valence-electron chi connectivity index (χ4n) is 4.83. The first-order valence-corrected chi connectivity index (χ1v) is 10.7. The molecule has 32 heavy (non-hydrogen) atoms. The molecule has 0 unspecified atom stereocenters. The summed E-state index contributed by atoms with van der Waals surface area (Å²) >= 11 is 0. The summed E-state index contributed by atoms with van der Waals surface area (Å²) in [6, 6.07) is 17.1. The fraction of sp³-hybridized carbons (Fsp3) is 0.200. The molecule has 6 nitrogen and oxygen atoms in total. The van der Waals surface area contributed by atoms with Crippen molar-refractivity contribution in [3.05, 3.63) is 71.5 Å². The van der Waals surface area contributed by atoms with Crippen LogP contribution in [0.15, 0.2) is 59.8 Å². The standard InChI is InChI=1S/C25H22FN5O/c1-30-9-11-31(12-10-30)22-14-21-20(13-19(22)26)27-25(28-21)18-8-4-7-17-23(18)15-5-2-3-6-16(15)24(17)29-32/h2-8,13-14,32H,9-12H2,1H3,(H,27,28). The SMILES string of the molecule is CN1CCN(c2cc3[nH]c(-c4cccc5c4-c4ccccc4C5=NO)nc3cc2F)CC1. The van der Waals surface area contributed by atoms with Gasteiger partial charge < -0.3 is 20.0 Å². The zero-order chi connectivity index (χ0) is 21.8. The second-order valence-electron chi connectivity index (χ2n) is 8.42. The molecular weight excluding hydrogens is 405 g/mol. The number of likely N-dealkylation sites (N-methyl/N-ethyl adjacent to an activating group) is 1. The van der Waals surface area contributed by atoms with Gasteiger partial charge >= 0.3 is 0 Å². The zero-order valence-electron chi connectivity index (χ0n) is 17.6. The van der Waals surface area contributed by atoms with Crippen LogP contribution in [0.25, 0.3) is 33.5 Å². The number of oxime groups is 1. The average Bonchev–Trinajstić information content (AvgIpc) is 3.37. The van der Waals surface area contributed by atoms with Gasteiger partial charge in [0.25, 0.3) is 0 Å². The van der Waals surface area contributed by atoms with Crippen LogP contribution in [-0.4, -0.2) is 59.0 Å². The van der Waals surface area contributed by atoms with Gasteiger partial charge in [-0.2, -0.15) is 0 Å². The molecule has 160 valence electrons. The molecular formula is C25H22FN5O. The highest BCUT2D eigenvalue weighted by molar-refractivity contribution is 6.26. The predicted octanol–water partition coefficient (Wildman–Crippen LogP) is 4.33. The number of benzene rings is 3. The van der Waals surface area contributed by atoms with E-state index in [1.165, 1.54) is 6.07 Å². The number of halogens is 1. The van der Waals surface area contributed by atoms with Gasteiger partial charge in [-0.05, 0) is 18.7 Å². The molecule has 0 bridgehead atoms. The molecule has 0 saturated carbocycles. The van der Waals surface area contributed by atoms with Gasteiger partial charge in [0.05, 0.1) is 16.7 Å². The summed E-state index contributed by atoms with van der Waals surface area (Å²) in [6.07, 6.45) is 0. The Morgan fingerprint density at radius 2 is 1.66 bits per heavy atom. The highest BCUT2D eigenvalue weighted by Crippen LogP contribution is 2.43. The number of fused-ring (bicyclic) bond motifs is 4. The van der Waals surface area contributed by atoms with Crippen LogP contribution < -0.4 is 4.90 Å². The van der Waals surface area contributed by atoms with Crippen LogP contribution in [0, 0.1) is 5.82 Å². The fourth-order valence-corrected chi connectivity index (χ4v) is 4.83. The monoisotopic (exact) mass is 427 g/mol. The van der Waals surface area contributed by atoms with Crippen molar-refractivity contribution in [2.45, 2.75) is 0 Å². The second kappa shape index (κ2) is 7.17. The number of piperazine rings is 1. The highest BCUT2D eigenvalue weighted by atomic mass is 19.1. The van der Waals surface area contributed by atoms with Gasteiger partial charge in [0.2, 0.25) is 0 Å². The van der Waals surface area contributed by atoms with E-state index in [9.17, 15) is 9.60 Å². The third-order valence-electron chi connectivity index (χ3n) is 6.52. The van der Waals surface area contributed by atoms with Gasteiger partial charge in [0.1, 0.15) is 17.4 Å². The maximum absolute atomic E-state index is 15.0. The van der Waals surface area contributed by atoms with Gasteiger partial charge in [-0.3, -0.25) is 0 Å². The molecule has 1 aromatic heterocycles. The molecule has 3 aromatic carbocycles. The molecule has 6 rings (SSSR count). The Balaban J connectivity index is 1.48. The van der Waals surface area contributed by atoms with E-state index < -0.39 is 0 Å². The third kappa shape index (κ3) is 2.81. The van der Waals surface area contributed by atoms with Crippen molar-refractivity contribution in [1.29, 1.82) is 0 Å². The number of rotatable bonds is 2. The van der Waals surface area contributed by atoms with Crippen LogP contribution in [0.2, 0.25) is 0 Å². The normalized spacial score (nSPS) is 17.2. The molecule has 0 atom stereocenters. The number of hydrogen-bond acceptors (Lipinski definition) is 5. The minimum Gasteiger partial charge on any atom is -0.410 e. The Labute approximate surface area is 184 Å². The van der Waals surface area contributed by atoms with E-state index in [0.717, 1.165) is 59.5 Å². The van der Waals surface area contributed by atoms with E-state index in [2.05, 4.69) is 27.0 Å². The van der Waals surface area contributed by atoms with Crippen molar-refractivity contribution in [2.24, 2.45) is 5.16 Å². The number of anilines is 1. The quantitative estimate of drug-likeness (QED) is 0.325. The summed E-state index contributed by atoms with van der Waals surface area (Å²) in [4.78, 5) is 12.5. The van der Waals surface area contributed by atoms with E-state index in [1.54, 1.807) is 0 Å². The average molecular weight is 427 g/mol. The van der Waals surface area contributed by atoms with Crippen molar-refractivity contribution in [3.8, 4) is 22.5 Å². The Kier molecular flexibility index (Phi) is 4.26. The molecule has 2 heterocycles. The van der Waals surface area contributed by atoms with E-state index in [-0.39, 0.29) is 5.82 Å². The van der Waals surface area contributed by atoms with Crippen LogP contribution in [0.3, 0.4) is 0 Å². The molecule has 0 spiro atoms. The summed E-state index contributed by atoms with van der Waals surface area (Å²) in [6.45, 7) is 3.42. The van der Waals surface area contributed by atoms with E-state index in [0.29, 0.717) is 22.7 Å². The topological polar surface area (TPSA) is 67.8 Å². The molecule has 0 radical (unpaired) electrons. The van der Waals surface area contributed by atoms with Crippen LogP contribution in [0.4, 0.5) is 10.1 Å². The molecule has 1 aliphatic carbocycles. The first-order chi connectivity index (χ1) is 15.6. The summed E-state index contributed by atoms with van der Waals surface area (Å²) in [5, 5.41) is 13.2. The largest absolute Gasteiger partial charge is 0.410 e. The van der Waals surface area contributed by atoms with Gasteiger partial charge in [0, 0.05) is 54.5 Å². The lowest BCUT2D eigenvalue weighted by molar-refractivity contribution is 0.312. The Hall–Kier alpha value is -3.71. The predicted molar refractivity (Wildman–Crippen MR) is 124 cm³/mol. The van der Waals surface area contributed by atoms with Gasteiger partial charge in [-0.1, -0.05) is 47.6 Å². The number of aromatic nitrogens is 2. The van der Waals surface area contributed by atoms with Crippen molar-refractivity contribution in [1.82, 2.24) is 14.9 Å². The van der Waals surface area contributed by atoms with E-state index >= 15 is 0 Å². The molecule has 2 aliphatic rings. The lowest BCUT2D eigenvalue weighted by Gasteiger charge is -2.34. The molecule has 1 aliphatic heterocycles. The van der Waals surface area contributed by atoms with Crippen molar-refractivity contribution in [2.75, 3.05) is 38.1 Å². The minimum atomic E-state index is -0.251. The van der Waals surface area contributed by atoms with Gasteiger partial charge in [-0.15, -0.1) is 0 Å². The van der Waals surface area contributed by atoms with Crippen LogP contribution in [0.5, 0.6) is 0 Å². The molecule has 2 N–H and O–H groups in total. The lowest BCUT2D eigenvalue weighted by atomic mass is 9.99. The number of nitrogens with one attached hydrogen (secondary N) is 1. The van der Waals surface area contributed by atoms with E-state index in [4.69, 9.17) is 4.98 Å². The summed E-state index contributed by atoms with van der Waals surface area (Å²) < 4.78 is 15.0. The molecule has 1 saturated heterocycles. The van der Waals surface area contributed by atoms with Crippen LogP contribution >= 0.6 is 0 Å². The summed E-state index contributed by atoms with van der Waals surface area (Å²) in [5.41, 5.74) is 7.16. The second-order valence-corrected chi connectivity index (χ2v) is 8.42. The number of nitrogens with zero attached hydrogens (tertiary/aromatic N) is 4. The smallest absolute Gasteiger partial charge is 0.148 e. The zero-order valence-corrected chi connectivity index (χ0v) is 17.6. The Bertz CT molecular complexity index is 1380. The first kappa shape index (κ1) is 19.0. The van der Waals surface area contributed by atoms with E-state index in [1.807, 2.05) is 48.5 Å². The van der Waals surface area contributed by atoms with Crippen molar-refractivity contribution >= 4 is 22.4 Å². The Morgan fingerprint density at radius 1 is 0.938 bits per heavy atom. The van der Waals surface area contributed by atoms with Crippen LogP contribution in [0.1, 0.15) is 11.1 Å². The van der Waals surface area contributed by atoms with Crippen molar-refractivity contribution < 1.29 is 9.60 Å². The lowest BCUT2D eigenvalue weighted by Crippen LogP contribution is -2.44. The number of H-pyrrole nitrogens is 1. The molecule has 0 amide bonds. The summed E-state index contributed by atoms with van der Waals surface area (Å²) in [7, 11) is 2.08. The molecule has 4 aromatic rings. The highest BCUT2D eigenvalue weighted by Gasteiger charge is 2.28. The molecule has 1 fully saturated rings. The maximum atomic E-state index is 15.0. The number of hydrogen-bond donors (Lipinski definition) is 2. The molecule has 7 heteroatoms. The first-order valence-electron chi connectivity index (χ1n) is 10.7. The number of aromatic amines is 1. The summed E-state index contributed by atoms with van der Waals surface area (Å²) in [5.74, 6) is 0.416. The number of imidazole rings is 1. The van der Waals surface area contributed by atoms with Crippen molar-refractivity contribution in [3.63, 3.8) is 0 Å². The maximum Gasteiger partial charge on any atom is 0.148 e.